The van der Waals surface area contributed by atoms with Gasteiger partial charge in [0.15, 0.2) is 0 Å². The highest BCUT2D eigenvalue weighted by atomic mass is 35.5. The second-order valence-electron chi connectivity index (χ2n) is 6.30. The van der Waals surface area contributed by atoms with Gasteiger partial charge in [-0.05, 0) is 49.2 Å². The highest BCUT2D eigenvalue weighted by Gasteiger charge is 2.33. The van der Waals surface area contributed by atoms with Gasteiger partial charge in [-0.15, -0.1) is 0 Å². The van der Waals surface area contributed by atoms with Crippen LogP contribution in [0.4, 0.5) is 5.69 Å². The number of nitriles is 1. The molecule has 2 aromatic rings. The molecule has 27 heavy (non-hydrogen) atoms. The van der Waals surface area contributed by atoms with Crippen LogP contribution in [0.5, 0.6) is 0 Å². The van der Waals surface area contributed by atoms with Crippen molar-refractivity contribution in [1.82, 2.24) is 4.31 Å². The van der Waals surface area contributed by atoms with Crippen molar-refractivity contribution in [2.24, 2.45) is 5.92 Å². The van der Waals surface area contributed by atoms with E-state index in [1.165, 1.54) is 28.6 Å². The van der Waals surface area contributed by atoms with Gasteiger partial charge in [-0.3, -0.25) is 4.79 Å². The molecule has 140 valence electrons. The van der Waals surface area contributed by atoms with E-state index < -0.39 is 15.9 Å². The maximum atomic E-state index is 12.8. The molecule has 6 nitrogen and oxygen atoms in total. The second kappa shape index (κ2) is 8.09. The van der Waals surface area contributed by atoms with Gasteiger partial charge in [0.1, 0.15) is 6.07 Å². The predicted octanol–water partition coefficient (Wildman–Crippen LogP) is 3.25. The number of para-hydroxylation sites is 1. The molecular weight excluding hydrogens is 386 g/mol. The number of halogens is 1. The molecule has 1 aliphatic heterocycles. The number of anilines is 1. The van der Waals surface area contributed by atoms with Crippen molar-refractivity contribution in [3.8, 4) is 6.07 Å². The minimum atomic E-state index is -3.69. The summed E-state index contributed by atoms with van der Waals surface area (Å²) in [5.74, 6) is -0.763. The normalized spacial score (nSPS) is 17.9. The first kappa shape index (κ1) is 19.4. The Labute approximate surface area is 163 Å². The zero-order valence-electron chi connectivity index (χ0n) is 14.4. The molecule has 1 aliphatic rings. The number of amides is 1. The number of piperidine rings is 1. The SMILES string of the molecule is N#Cc1ccccc1NC(=O)[C@@H]1CCCN(S(=O)(=O)c2ccc(Cl)cc2)C1. The zero-order valence-corrected chi connectivity index (χ0v) is 16.0. The smallest absolute Gasteiger partial charge is 0.243 e. The van der Waals surface area contributed by atoms with E-state index in [0.717, 1.165) is 0 Å². The van der Waals surface area contributed by atoms with Crippen molar-refractivity contribution in [1.29, 1.82) is 5.26 Å². The maximum Gasteiger partial charge on any atom is 0.243 e. The summed E-state index contributed by atoms with van der Waals surface area (Å²) in [5.41, 5.74) is 0.801. The van der Waals surface area contributed by atoms with Gasteiger partial charge in [-0.25, -0.2) is 8.42 Å². The van der Waals surface area contributed by atoms with E-state index in [4.69, 9.17) is 16.9 Å². The minimum absolute atomic E-state index is 0.103. The Bertz CT molecular complexity index is 984. The lowest BCUT2D eigenvalue weighted by Gasteiger charge is -2.31. The minimum Gasteiger partial charge on any atom is -0.325 e. The molecule has 0 aliphatic carbocycles. The van der Waals surface area contributed by atoms with Crippen LogP contribution in [-0.2, 0) is 14.8 Å². The van der Waals surface area contributed by atoms with Gasteiger partial charge < -0.3 is 5.32 Å². The Morgan fingerprint density at radius 2 is 1.89 bits per heavy atom. The number of benzene rings is 2. The molecule has 0 bridgehead atoms. The fraction of sp³-hybridized carbons (Fsp3) is 0.263. The molecule has 3 rings (SSSR count). The third kappa shape index (κ3) is 4.30. The van der Waals surface area contributed by atoms with Gasteiger partial charge in [-0.2, -0.15) is 9.57 Å². The van der Waals surface area contributed by atoms with E-state index in [-0.39, 0.29) is 17.3 Å². The first-order chi connectivity index (χ1) is 12.9. The molecule has 0 unspecified atom stereocenters. The number of carbonyl (C=O) groups is 1. The topological polar surface area (TPSA) is 90.3 Å². The number of sulfonamides is 1. The fourth-order valence-electron chi connectivity index (χ4n) is 3.05. The molecule has 0 spiro atoms. The number of carbonyl (C=O) groups excluding carboxylic acids is 1. The molecule has 1 atom stereocenters. The van der Waals surface area contributed by atoms with E-state index in [0.29, 0.717) is 35.7 Å². The summed E-state index contributed by atoms with van der Waals surface area (Å²) in [6.45, 7) is 0.467. The second-order valence-corrected chi connectivity index (χ2v) is 8.68. The Morgan fingerprint density at radius 3 is 2.59 bits per heavy atom. The molecule has 0 saturated carbocycles. The quantitative estimate of drug-likeness (QED) is 0.848. The van der Waals surface area contributed by atoms with E-state index >= 15 is 0 Å². The van der Waals surface area contributed by atoms with E-state index in [9.17, 15) is 13.2 Å². The van der Waals surface area contributed by atoms with Crippen LogP contribution in [0.25, 0.3) is 0 Å². The van der Waals surface area contributed by atoms with Crippen LogP contribution in [0.1, 0.15) is 18.4 Å². The molecule has 1 fully saturated rings. The number of nitrogens with one attached hydrogen (secondary N) is 1. The molecule has 0 aromatic heterocycles. The van der Waals surface area contributed by atoms with Gasteiger partial charge >= 0.3 is 0 Å². The van der Waals surface area contributed by atoms with Crippen LogP contribution in [0.2, 0.25) is 5.02 Å². The zero-order chi connectivity index (χ0) is 19.4. The number of nitrogens with zero attached hydrogens (tertiary/aromatic N) is 2. The van der Waals surface area contributed by atoms with Crippen LogP contribution in [0, 0.1) is 17.2 Å². The third-order valence-corrected chi connectivity index (χ3v) is 6.64. The van der Waals surface area contributed by atoms with Gasteiger partial charge in [0.25, 0.3) is 0 Å². The molecule has 0 radical (unpaired) electrons. The van der Waals surface area contributed by atoms with Crippen LogP contribution in [0.3, 0.4) is 0 Å². The molecule has 2 aromatic carbocycles. The van der Waals surface area contributed by atoms with Gasteiger partial charge in [0, 0.05) is 18.1 Å². The molecule has 1 saturated heterocycles. The lowest BCUT2D eigenvalue weighted by atomic mass is 9.98. The van der Waals surface area contributed by atoms with Crippen molar-refractivity contribution in [3.63, 3.8) is 0 Å². The summed E-state index contributed by atoms with van der Waals surface area (Å²) in [7, 11) is -3.69. The van der Waals surface area contributed by atoms with E-state index in [1.54, 1.807) is 24.3 Å². The van der Waals surface area contributed by atoms with Crippen molar-refractivity contribution in [2.75, 3.05) is 18.4 Å². The highest BCUT2D eigenvalue weighted by molar-refractivity contribution is 7.89. The summed E-state index contributed by atoms with van der Waals surface area (Å²) in [4.78, 5) is 12.8. The Balaban J connectivity index is 1.75. The molecule has 1 N–H and O–H groups in total. The van der Waals surface area contributed by atoms with Crippen LogP contribution >= 0.6 is 11.6 Å². The van der Waals surface area contributed by atoms with E-state index in [1.807, 2.05) is 6.07 Å². The Kier molecular flexibility index (Phi) is 5.80. The lowest BCUT2D eigenvalue weighted by molar-refractivity contribution is -0.120. The van der Waals surface area contributed by atoms with Crippen LogP contribution < -0.4 is 5.32 Å². The molecule has 8 heteroatoms. The monoisotopic (exact) mass is 403 g/mol. The van der Waals surface area contributed by atoms with Crippen molar-refractivity contribution in [2.45, 2.75) is 17.7 Å². The van der Waals surface area contributed by atoms with Crippen molar-refractivity contribution in [3.05, 3.63) is 59.1 Å². The summed E-state index contributed by atoms with van der Waals surface area (Å²) < 4.78 is 27.0. The summed E-state index contributed by atoms with van der Waals surface area (Å²) in [6, 6.07) is 14.7. The lowest BCUT2D eigenvalue weighted by Crippen LogP contribution is -2.43. The van der Waals surface area contributed by atoms with Crippen molar-refractivity contribution >= 4 is 33.2 Å². The Hall–Kier alpha value is -2.40. The number of hydrogen-bond acceptors (Lipinski definition) is 4. The van der Waals surface area contributed by atoms with E-state index in [2.05, 4.69) is 5.32 Å². The molecule has 1 amide bonds. The number of hydrogen-bond donors (Lipinski definition) is 1. The van der Waals surface area contributed by atoms with Crippen LogP contribution in [0.15, 0.2) is 53.4 Å². The maximum absolute atomic E-state index is 12.8. The van der Waals surface area contributed by atoms with Crippen molar-refractivity contribution < 1.29 is 13.2 Å². The number of rotatable bonds is 4. The van der Waals surface area contributed by atoms with Crippen LogP contribution in [-0.4, -0.2) is 31.7 Å². The van der Waals surface area contributed by atoms with Gasteiger partial charge in [0.2, 0.25) is 15.9 Å². The molecular formula is C19H18ClN3O3S. The summed E-state index contributed by atoms with van der Waals surface area (Å²) in [6.07, 6.45) is 1.18. The highest BCUT2D eigenvalue weighted by Crippen LogP contribution is 2.26. The molecule has 1 heterocycles. The average Bonchev–Trinajstić information content (AvgIpc) is 2.69. The summed E-state index contributed by atoms with van der Waals surface area (Å²) in [5, 5.41) is 12.3. The van der Waals surface area contributed by atoms with Gasteiger partial charge in [0.05, 0.1) is 22.1 Å². The average molecular weight is 404 g/mol. The summed E-state index contributed by atoms with van der Waals surface area (Å²) >= 11 is 5.83. The standard InChI is InChI=1S/C19H18ClN3O3S/c20-16-7-9-17(10-8-16)27(25,26)23-11-3-5-15(13-23)19(24)22-18-6-2-1-4-14(18)12-21/h1-2,4,6-10,15H,3,5,11,13H2,(H,22,24)/t15-/m1/s1. The first-order valence-electron chi connectivity index (χ1n) is 8.47. The third-order valence-electron chi connectivity index (χ3n) is 4.51. The fourth-order valence-corrected chi connectivity index (χ4v) is 4.70. The first-order valence-corrected chi connectivity index (χ1v) is 10.3. The Morgan fingerprint density at radius 1 is 1.19 bits per heavy atom. The predicted molar refractivity (Wildman–Crippen MR) is 103 cm³/mol. The van der Waals surface area contributed by atoms with Gasteiger partial charge in [-0.1, -0.05) is 23.7 Å². The largest absolute Gasteiger partial charge is 0.325 e.